The molecular formula is C18H21N3O2. The standard InChI is InChI=1S/C18H21N3O2/c1-23-11-10-21(13-16-4-2-3-8-19-16)18(22)15-5-6-17-14(12-15)7-9-20-17/h2-6,8,12,20H,7,9-11,13H2,1H3. The first-order valence-electron chi connectivity index (χ1n) is 7.83. The molecule has 120 valence electrons. The zero-order valence-corrected chi connectivity index (χ0v) is 13.3. The highest BCUT2D eigenvalue weighted by molar-refractivity contribution is 5.95. The van der Waals surface area contributed by atoms with Crippen LogP contribution in [-0.4, -0.2) is 42.6 Å². The van der Waals surface area contributed by atoms with E-state index in [2.05, 4.69) is 10.3 Å². The van der Waals surface area contributed by atoms with Gasteiger partial charge in [0.25, 0.3) is 5.91 Å². The Bertz CT molecular complexity index is 673. The normalized spacial score (nSPS) is 12.6. The van der Waals surface area contributed by atoms with Crippen molar-refractivity contribution in [3.63, 3.8) is 0 Å². The van der Waals surface area contributed by atoms with Gasteiger partial charge in [0.1, 0.15) is 0 Å². The van der Waals surface area contributed by atoms with Crippen molar-refractivity contribution >= 4 is 11.6 Å². The molecule has 1 aliphatic heterocycles. The van der Waals surface area contributed by atoms with Crippen LogP contribution in [0.3, 0.4) is 0 Å². The van der Waals surface area contributed by atoms with Crippen LogP contribution in [0.2, 0.25) is 0 Å². The van der Waals surface area contributed by atoms with Gasteiger partial charge in [-0.05, 0) is 42.3 Å². The average Bonchev–Trinajstić information content (AvgIpc) is 3.06. The van der Waals surface area contributed by atoms with E-state index >= 15 is 0 Å². The maximum Gasteiger partial charge on any atom is 0.254 e. The molecule has 1 aliphatic rings. The van der Waals surface area contributed by atoms with E-state index in [1.165, 1.54) is 5.56 Å². The number of methoxy groups -OCH3 is 1. The fraction of sp³-hybridized carbons (Fsp3) is 0.333. The molecule has 23 heavy (non-hydrogen) atoms. The third kappa shape index (κ3) is 3.68. The predicted molar refractivity (Wildman–Crippen MR) is 89.5 cm³/mol. The van der Waals surface area contributed by atoms with Gasteiger partial charge >= 0.3 is 0 Å². The van der Waals surface area contributed by atoms with Crippen molar-refractivity contribution in [3.05, 3.63) is 59.4 Å². The molecule has 0 radical (unpaired) electrons. The molecule has 5 nitrogen and oxygen atoms in total. The van der Waals surface area contributed by atoms with Crippen LogP contribution in [0.5, 0.6) is 0 Å². The number of benzene rings is 1. The molecule has 2 heterocycles. The Labute approximate surface area is 136 Å². The Morgan fingerprint density at radius 2 is 2.26 bits per heavy atom. The summed E-state index contributed by atoms with van der Waals surface area (Å²) in [6, 6.07) is 11.6. The Hall–Kier alpha value is -2.40. The smallest absolute Gasteiger partial charge is 0.254 e. The summed E-state index contributed by atoms with van der Waals surface area (Å²) in [4.78, 5) is 19.0. The molecule has 1 amide bonds. The summed E-state index contributed by atoms with van der Waals surface area (Å²) in [6.07, 6.45) is 2.71. The number of fused-ring (bicyclic) bond motifs is 1. The third-order valence-corrected chi connectivity index (χ3v) is 3.99. The van der Waals surface area contributed by atoms with Crippen LogP contribution in [0.1, 0.15) is 21.6 Å². The minimum Gasteiger partial charge on any atom is -0.384 e. The van der Waals surface area contributed by atoms with Crippen LogP contribution < -0.4 is 5.32 Å². The summed E-state index contributed by atoms with van der Waals surface area (Å²) < 4.78 is 5.15. The molecular weight excluding hydrogens is 290 g/mol. The summed E-state index contributed by atoms with van der Waals surface area (Å²) in [5, 5.41) is 3.31. The lowest BCUT2D eigenvalue weighted by atomic mass is 10.1. The highest BCUT2D eigenvalue weighted by atomic mass is 16.5. The van der Waals surface area contributed by atoms with Crippen LogP contribution in [0.15, 0.2) is 42.6 Å². The highest BCUT2D eigenvalue weighted by Crippen LogP contribution is 2.23. The second kappa shape index (κ2) is 7.24. The molecule has 1 aromatic carbocycles. The Kier molecular flexibility index (Phi) is 4.88. The molecule has 1 N–H and O–H groups in total. The molecule has 0 aliphatic carbocycles. The largest absolute Gasteiger partial charge is 0.384 e. The van der Waals surface area contributed by atoms with Crippen molar-refractivity contribution in [1.29, 1.82) is 0 Å². The zero-order chi connectivity index (χ0) is 16.1. The molecule has 3 rings (SSSR count). The topological polar surface area (TPSA) is 54.5 Å². The van der Waals surface area contributed by atoms with Gasteiger partial charge in [-0.15, -0.1) is 0 Å². The van der Waals surface area contributed by atoms with E-state index in [9.17, 15) is 4.79 Å². The van der Waals surface area contributed by atoms with Crippen LogP contribution in [0.25, 0.3) is 0 Å². The van der Waals surface area contributed by atoms with Gasteiger partial charge in [-0.25, -0.2) is 0 Å². The van der Waals surface area contributed by atoms with Gasteiger partial charge in [0.2, 0.25) is 0 Å². The lowest BCUT2D eigenvalue weighted by molar-refractivity contribution is 0.0678. The zero-order valence-electron chi connectivity index (χ0n) is 13.3. The monoisotopic (exact) mass is 311 g/mol. The second-order valence-corrected chi connectivity index (χ2v) is 5.59. The van der Waals surface area contributed by atoms with Crippen LogP contribution >= 0.6 is 0 Å². The number of rotatable bonds is 6. The third-order valence-electron chi connectivity index (χ3n) is 3.99. The molecule has 0 bridgehead atoms. The fourth-order valence-electron chi connectivity index (χ4n) is 2.76. The summed E-state index contributed by atoms with van der Waals surface area (Å²) in [5.74, 6) is 0.0161. The molecule has 0 spiro atoms. The molecule has 0 saturated carbocycles. The van der Waals surface area contributed by atoms with Crippen molar-refractivity contribution in [3.8, 4) is 0 Å². The molecule has 5 heteroatoms. The van der Waals surface area contributed by atoms with Crippen molar-refractivity contribution < 1.29 is 9.53 Å². The number of nitrogens with zero attached hydrogens (tertiary/aromatic N) is 2. The molecule has 1 aromatic heterocycles. The van der Waals surface area contributed by atoms with E-state index in [1.54, 1.807) is 18.2 Å². The van der Waals surface area contributed by atoms with Gasteiger partial charge in [-0.3, -0.25) is 9.78 Å². The molecule has 0 fully saturated rings. The first-order chi connectivity index (χ1) is 11.3. The van der Waals surface area contributed by atoms with Gasteiger partial charge in [-0.2, -0.15) is 0 Å². The number of hydrogen-bond acceptors (Lipinski definition) is 4. The fourth-order valence-corrected chi connectivity index (χ4v) is 2.76. The summed E-state index contributed by atoms with van der Waals surface area (Å²) in [5.41, 5.74) is 3.94. The number of amides is 1. The number of anilines is 1. The first kappa shape index (κ1) is 15.5. The minimum atomic E-state index is 0.0161. The van der Waals surface area contributed by atoms with E-state index in [4.69, 9.17) is 4.74 Å². The lowest BCUT2D eigenvalue weighted by Gasteiger charge is -2.22. The lowest BCUT2D eigenvalue weighted by Crippen LogP contribution is -2.33. The quantitative estimate of drug-likeness (QED) is 0.889. The van der Waals surface area contributed by atoms with Gasteiger partial charge in [0.15, 0.2) is 0 Å². The Morgan fingerprint density at radius 1 is 1.35 bits per heavy atom. The number of nitrogens with one attached hydrogen (secondary N) is 1. The van der Waals surface area contributed by atoms with E-state index < -0.39 is 0 Å². The van der Waals surface area contributed by atoms with E-state index in [0.717, 1.165) is 29.9 Å². The van der Waals surface area contributed by atoms with Crippen LogP contribution in [0, 0.1) is 0 Å². The maximum atomic E-state index is 12.9. The van der Waals surface area contributed by atoms with Crippen molar-refractivity contribution in [2.75, 3.05) is 32.1 Å². The average molecular weight is 311 g/mol. The van der Waals surface area contributed by atoms with Crippen LogP contribution in [-0.2, 0) is 17.7 Å². The van der Waals surface area contributed by atoms with Crippen molar-refractivity contribution in [1.82, 2.24) is 9.88 Å². The van der Waals surface area contributed by atoms with Gasteiger partial charge in [0, 0.05) is 37.6 Å². The second-order valence-electron chi connectivity index (χ2n) is 5.59. The first-order valence-corrected chi connectivity index (χ1v) is 7.83. The van der Waals surface area contributed by atoms with E-state index in [-0.39, 0.29) is 5.91 Å². The number of carbonyl (C=O) groups is 1. The summed E-state index contributed by atoms with van der Waals surface area (Å²) in [7, 11) is 1.64. The minimum absolute atomic E-state index is 0.0161. The number of ether oxygens (including phenoxy) is 1. The van der Waals surface area contributed by atoms with Gasteiger partial charge in [0.05, 0.1) is 18.8 Å². The van der Waals surface area contributed by atoms with Crippen molar-refractivity contribution in [2.45, 2.75) is 13.0 Å². The molecule has 0 unspecified atom stereocenters. The number of aromatic nitrogens is 1. The molecule has 0 saturated heterocycles. The Balaban J connectivity index is 1.79. The van der Waals surface area contributed by atoms with E-state index in [0.29, 0.717) is 19.7 Å². The molecule has 2 aromatic rings. The molecule has 0 atom stereocenters. The SMILES string of the molecule is COCCN(Cc1ccccn1)C(=O)c1ccc2c(c1)CCN2. The van der Waals surface area contributed by atoms with Gasteiger partial charge < -0.3 is 15.0 Å². The highest BCUT2D eigenvalue weighted by Gasteiger charge is 2.19. The predicted octanol–water partition coefficient (Wildman–Crippen LogP) is 2.34. The number of carbonyl (C=O) groups excluding carboxylic acids is 1. The number of hydrogen-bond donors (Lipinski definition) is 1. The summed E-state index contributed by atoms with van der Waals surface area (Å²) >= 11 is 0. The van der Waals surface area contributed by atoms with E-state index in [1.807, 2.05) is 36.4 Å². The summed E-state index contributed by atoms with van der Waals surface area (Å²) in [6.45, 7) is 2.47. The van der Waals surface area contributed by atoms with Crippen molar-refractivity contribution in [2.24, 2.45) is 0 Å². The van der Waals surface area contributed by atoms with Crippen LogP contribution in [0.4, 0.5) is 5.69 Å². The van der Waals surface area contributed by atoms with Gasteiger partial charge in [-0.1, -0.05) is 6.07 Å². The number of pyridine rings is 1. The Morgan fingerprint density at radius 3 is 3.04 bits per heavy atom. The maximum absolute atomic E-state index is 12.9.